The van der Waals surface area contributed by atoms with E-state index >= 15 is 0 Å². The van der Waals surface area contributed by atoms with Gasteiger partial charge in [0.25, 0.3) is 0 Å². The minimum Gasteiger partial charge on any atom is -0.362 e. The summed E-state index contributed by atoms with van der Waals surface area (Å²) in [6.07, 6.45) is -1.60. The van der Waals surface area contributed by atoms with Crippen molar-refractivity contribution >= 4 is 10.0 Å². The Kier molecular flexibility index (Phi) is 5.48. The first-order valence-corrected chi connectivity index (χ1v) is 9.11. The van der Waals surface area contributed by atoms with Gasteiger partial charge in [0, 0.05) is 0 Å². The van der Waals surface area contributed by atoms with Crippen LogP contribution < -0.4 is 4.72 Å². The lowest BCUT2D eigenvalue weighted by atomic mass is 10.3. The number of aromatic nitrogens is 5. The molecule has 142 valence electrons. The molecule has 2 aromatic heterocycles. The first-order chi connectivity index (χ1) is 12.8. The number of hydrogen-bond acceptors (Lipinski definition) is 7. The largest absolute Gasteiger partial charge is 0.362 e. The molecule has 27 heavy (non-hydrogen) atoms. The lowest BCUT2D eigenvalue weighted by molar-refractivity contribution is 0.0104. The zero-order chi connectivity index (χ0) is 19.4. The van der Waals surface area contributed by atoms with Gasteiger partial charge in [-0.05, 0) is 29.5 Å². The maximum atomic E-state index is 13.6. The van der Waals surface area contributed by atoms with Crippen molar-refractivity contribution in [1.82, 2.24) is 29.9 Å². The average Bonchev–Trinajstić information content (AvgIpc) is 3.10. The molecule has 0 fully saturated rings. The van der Waals surface area contributed by atoms with Gasteiger partial charge < -0.3 is 5.11 Å². The van der Waals surface area contributed by atoms with E-state index in [1.807, 2.05) is 4.72 Å². The van der Waals surface area contributed by atoms with Crippen LogP contribution in [0.15, 0.2) is 53.6 Å². The Morgan fingerprint density at radius 3 is 2.56 bits per heavy atom. The summed E-state index contributed by atoms with van der Waals surface area (Å²) >= 11 is 0. The van der Waals surface area contributed by atoms with E-state index < -0.39 is 28.2 Å². The molecule has 0 saturated heterocycles. The van der Waals surface area contributed by atoms with Crippen LogP contribution in [0.25, 0.3) is 0 Å². The number of hydrogen-bond donors (Lipinski definition) is 2. The van der Waals surface area contributed by atoms with E-state index in [2.05, 4.69) is 20.4 Å². The molecule has 2 atom stereocenters. The fourth-order valence-corrected chi connectivity index (χ4v) is 3.36. The number of benzene rings is 1. The van der Waals surface area contributed by atoms with E-state index in [9.17, 15) is 22.3 Å². The molecule has 9 nitrogen and oxygen atoms in total. The smallest absolute Gasteiger partial charge is 0.241 e. The molecule has 3 aromatic rings. The highest BCUT2D eigenvalue weighted by Gasteiger charge is 2.31. The second-order valence-corrected chi connectivity index (χ2v) is 7.14. The number of pyridine rings is 1. The van der Waals surface area contributed by atoms with Gasteiger partial charge in [0.15, 0.2) is 5.82 Å². The molecule has 0 amide bonds. The van der Waals surface area contributed by atoms with Crippen molar-refractivity contribution in [3.05, 3.63) is 66.0 Å². The second kappa shape index (κ2) is 7.82. The van der Waals surface area contributed by atoms with Gasteiger partial charge in [-0.25, -0.2) is 17.2 Å². The van der Waals surface area contributed by atoms with Gasteiger partial charge in [-0.2, -0.15) is 9.52 Å². The maximum Gasteiger partial charge on any atom is 0.241 e. The third kappa shape index (κ3) is 4.67. The molecule has 2 N–H and O–H groups in total. The Labute approximate surface area is 152 Å². The van der Waals surface area contributed by atoms with Gasteiger partial charge in [-0.3, -0.25) is 4.98 Å². The summed E-state index contributed by atoms with van der Waals surface area (Å²) in [4.78, 5) is 4.73. The summed E-state index contributed by atoms with van der Waals surface area (Å²) in [7, 11) is -4.13. The lowest BCUT2D eigenvalue weighted by Crippen LogP contribution is -2.35. The van der Waals surface area contributed by atoms with Crippen LogP contribution in [0.1, 0.15) is 17.6 Å². The van der Waals surface area contributed by atoms with Crippen LogP contribution in [0.4, 0.5) is 8.78 Å². The third-order valence-electron chi connectivity index (χ3n) is 3.45. The molecular weight excluding hydrogens is 382 g/mol. The standard InChI is InChI=1S/C15H14F2N6O3S/c16-10-6-7-11(18-8-10)9-23-20-15(19-22-23)13(14(17)24)21-27(25,26)12-4-2-1-3-5-12/h1-8,13-14,21,24H,9H2. The predicted octanol–water partition coefficient (Wildman–Crippen LogP) is 0.563. The van der Waals surface area contributed by atoms with Crippen LogP contribution in [0.3, 0.4) is 0 Å². The molecule has 0 radical (unpaired) electrons. The summed E-state index contributed by atoms with van der Waals surface area (Å²) in [5.41, 5.74) is 0.405. The number of nitrogens with zero attached hydrogens (tertiary/aromatic N) is 5. The molecule has 0 spiro atoms. The summed E-state index contributed by atoms with van der Waals surface area (Å²) in [5, 5.41) is 20.5. The van der Waals surface area contributed by atoms with Crippen molar-refractivity contribution in [2.24, 2.45) is 0 Å². The molecular formula is C15H14F2N6O3S. The first kappa shape index (κ1) is 18.9. The van der Waals surface area contributed by atoms with Crippen molar-refractivity contribution in [3.63, 3.8) is 0 Å². The van der Waals surface area contributed by atoms with Gasteiger partial charge in [0.1, 0.15) is 18.4 Å². The van der Waals surface area contributed by atoms with Crippen LogP contribution in [0.2, 0.25) is 0 Å². The Balaban J connectivity index is 1.80. The molecule has 0 bridgehead atoms. The van der Waals surface area contributed by atoms with Crippen LogP contribution in [-0.2, 0) is 16.6 Å². The maximum absolute atomic E-state index is 13.6. The van der Waals surface area contributed by atoms with Crippen molar-refractivity contribution in [2.45, 2.75) is 23.8 Å². The number of halogens is 2. The third-order valence-corrected chi connectivity index (χ3v) is 4.91. The van der Waals surface area contributed by atoms with Crippen LogP contribution >= 0.6 is 0 Å². The highest BCUT2D eigenvalue weighted by Crippen LogP contribution is 2.18. The Morgan fingerprint density at radius 1 is 1.19 bits per heavy atom. The summed E-state index contributed by atoms with van der Waals surface area (Å²) < 4.78 is 53.2. The van der Waals surface area contributed by atoms with Crippen molar-refractivity contribution in [3.8, 4) is 0 Å². The van der Waals surface area contributed by atoms with Crippen molar-refractivity contribution in [1.29, 1.82) is 0 Å². The Hall–Kier alpha value is -2.83. The number of alkyl halides is 1. The number of aliphatic hydroxyl groups is 1. The molecule has 0 aliphatic rings. The van der Waals surface area contributed by atoms with Crippen molar-refractivity contribution in [2.75, 3.05) is 0 Å². The van der Waals surface area contributed by atoms with E-state index in [1.54, 1.807) is 6.07 Å². The van der Waals surface area contributed by atoms with E-state index in [0.29, 0.717) is 5.69 Å². The monoisotopic (exact) mass is 396 g/mol. The fraction of sp³-hybridized carbons (Fsp3) is 0.200. The summed E-state index contributed by atoms with van der Waals surface area (Å²) in [5.74, 6) is -0.881. The molecule has 0 aliphatic carbocycles. The molecule has 2 heterocycles. The fourth-order valence-electron chi connectivity index (χ4n) is 2.16. The number of aliphatic hydroxyl groups excluding tert-OH is 1. The highest BCUT2D eigenvalue weighted by molar-refractivity contribution is 7.89. The average molecular weight is 396 g/mol. The van der Waals surface area contributed by atoms with Crippen LogP contribution in [0.5, 0.6) is 0 Å². The van der Waals surface area contributed by atoms with E-state index in [-0.39, 0.29) is 17.3 Å². The molecule has 2 unspecified atom stereocenters. The van der Waals surface area contributed by atoms with Gasteiger partial charge in [-0.1, -0.05) is 18.2 Å². The Morgan fingerprint density at radius 2 is 1.93 bits per heavy atom. The van der Waals surface area contributed by atoms with E-state index in [1.165, 1.54) is 36.4 Å². The zero-order valence-electron chi connectivity index (χ0n) is 13.6. The lowest BCUT2D eigenvalue weighted by Gasteiger charge is -2.15. The predicted molar refractivity (Wildman–Crippen MR) is 87.7 cm³/mol. The molecule has 3 rings (SSSR count). The van der Waals surface area contributed by atoms with Crippen molar-refractivity contribution < 1.29 is 22.3 Å². The molecule has 0 aliphatic heterocycles. The molecule has 12 heteroatoms. The van der Waals surface area contributed by atoms with Gasteiger partial charge in [-0.15, -0.1) is 10.2 Å². The van der Waals surface area contributed by atoms with Gasteiger partial charge in [0.05, 0.1) is 16.8 Å². The number of nitrogens with one attached hydrogen (secondary N) is 1. The highest BCUT2D eigenvalue weighted by atomic mass is 32.2. The van der Waals surface area contributed by atoms with Gasteiger partial charge >= 0.3 is 0 Å². The van der Waals surface area contributed by atoms with E-state index in [0.717, 1.165) is 11.0 Å². The number of rotatable bonds is 7. The quantitative estimate of drug-likeness (QED) is 0.598. The minimum atomic E-state index is -4.13. The minimum absolute atomic E-state index is 0.00613. The topological polar surface area (TPSA) is 123 Å². The Bertz CT molecular complexity index is 996. The normalized spacial score (nSPS) is 14.0. The summed E-state index contributed by atoms with van der Waals surface area (Å²) in [6.45, 7) is -0.00613. The second-order valence-electron chi connectivity index (χ2n) is 5.43. The molecule has 0 saturated carbocycles. The van der Waals surface area contributed by atoms with Gasteiger partial charge in [0.2, 0.25) is 16.4 Å². The number of tetrazole rings is 1. The molecule has 1 aromatic carbocycles. The SMILES string of the molecule is O=S(=O)(NC(c1nnn(Cc2ccc(F)cn2)n1)C(O)F)c1ccccc1. The number of sulfonamides is 1. The van der Waals surface area contributed by atoms with Crippen LogP contribution in [0, 0.1) is 5.82 Å². The first-order valence-electron chi connectivity index (χ1n) is 7.63. The zero-order valence-corrected chi connectivity index (χ0v) is 14.5. The van der Waals surface area contributed by atoms with E-state index in [4.69, 9.17) is 0 Å². The van der Waals surface area contributed by atoms with Crippen LogP contribution in [-0.4, -0.2) is 45.1 Å². The summed E-state index contributed by atoms with van der Waals surface area (Å²) in [6, 6.07) is 8.09.